The van der Waals surface area contributed by atoms with Gasteiger partial charge >= 0.3 is 0 Å². The Morgan fingerprint density at radius 1 is 1.14 bits per heavy atom. The minimum Gasteiger partial charge on any atom is -0.486 e. The van der Waals surface area contributed by atoms with Crippen molar-refractivity contribution in [1.29, 1.82) is 0 Å². The summed E-state index contributed by atoms with van der Waals surface area (Å²) in [7, 11) is 0. The summed E-state index contributed by atoms with van der Waals surface area (Å²) in [6.45, 7) is 4.66. The molecule has 2 aromatic carbocycles. The molecule has 2 aromatic rings. The average molecular weight is 403 g/mol. The summed E-state index contributed by atoms with van der Waals surface area (Å²) in [6.07, 6.45) is 0.140. The highest BCUT2D eigenvalue weighted by Gasteiger charge is 2.19. The predicted molar refractivity (Wildman–Crippen MR) is 107 cm³/mol. The second-order valence-electron chi connectivity index (χ2n) is 6.75. The van der Waals surface area contributed by atoms with Crippen LogP contribution in [0.3, 0.4) is 0 Å². The molecule has 1 aliphatic heterocycles. The molecule has 0 aromatic heterocycles. The van der Waals surface area contributed by atoms with Crippen LogP contribution in [0.4, 0.5) is 0 Å². The van der Waals surface area contributed by atoms with Gasteiger partial charge in [-0.3, -0.25) is 9.59 Å². The summed E-state index contributed by atoms with van der Waals surface area (Å²) in [5, 5.41) is 6.17. The first-order valence-electron chi connectivity index (χ1n) is 9.11. The van der Waals surface area contributed by atoms with Crippen LogP contribution in [0, 0.1) is 6.92 Å². The Morgan fingerprint density at radius 2 is 1.86 bits per heavy atom. The lowest BCUT2D eigenvalue weighted by molar-refractivity contribution is -0.122. The van der Waals surface area contributed by atoms with Crippen molar-refractivity contribution in [3.8, 4) is 11.5 Å². The van der Waals surface area contributed by atoms with Gasteiger partial charge in [0.2, 0.25) is 11.8 Å². The molecule has 1 heterocycles. The molecule has 28 heavy (non-hydrogen) atoms. The third-order valence-corrected chi connectivity index (χ3v) is 4.67. The van der Waals surface area contributed by atoms with E-state index >= 15 is 0 Å². The fraction of sp³-hybridized carbons (Fsp3) is 0.333. The number of halogens is 1. The van der Waals surface area contributed by atoms with Crippen LogP contribution < -0.4 is 20.1 Å². The summed E-state index contributed by atoms with van der Waals surface area (Å²) < 4.78 is 11.1. The Morgan fingerprint density at radius 3 is 2.57 bits per heavy atom. The maximum Gasteiger partial charge on any atom is 0.222 e. The minimum atomic E-state index is -0.387. The van der Waals surface area contributed by atoms with Gasteiger partial charge in [0.15, 0.2) is 11.5 Å². The molecular weight excluding hydrogens is 380 g/mol. The van der Waals surface area contributed by atoms with Crippen molar-refractivity contribution >= 4 is 23.4 Å². The summed E-state index contributed by atoms with van der Waals surface area (Å²) >= 11 is 6.23. The molecule has 148 valence electrons. The molecule has 0 fully saturated rings. The maximum atomic E-state index is 12.5. The minimum absolute atomic E-state index is 0.140. The normalized spacial score (nSPS) is 13.5. The van der Waals surface area contributed by atoms with Crippen LogP contribution in [0.2, 0.25) is 5.02 Å². The fourth-order valence-corrected chi connectivity index (χ4v) is 3.31. The van der Waals surface area contributed by atoms with E-state index in [1.165, 1.54) is 6.92 Å². The standard InChI is InChI=1S/C21H23ClN2O4/c1-13-3-5-16(6-4-13)18(24-14(2)25)11-20(26)23-12-15-9-17(22)21-19(10-15)27-7-8-28-21/h3-6,9-10,18H,7-8,11-12H2,1-2H3,(H,23,26)(H,24,25). The number of hydrogen-bond acceptors (Lipinski definition) is 4. The Labute approximate surface area is 169 Å². The maximum absolute atomic E-state index is 12.5. The molecule has 7 heteroatoms. The summed E-state index contributed by atoms with van der Waals surface area (Å²) in [4.78, 5) is 24.0. The number of rotatable bonds is 6. The second-order valence-corrected chi connectivity index (χ2v) is 7.15. The van der Waals surface area contributed by atoms with Gasteiger partial charge in [0, 0.05) is 13.5 Å². The van der Waals surface area contributed by atoms with E-state index in [9.17, 15) is 9.59 Å². The Balaban J connectivity index is 1.64. The second kappa shape index (κ2) is 8.97. The molecule has 2 amide bonds. The number of ether oxygens (including phenoxy) is 2. The molecular formula is C21H23ClN2O4. The lowest BCUT2D eigenvalue weighted by Crippen LogP contribution is -2.32. The number of fused-ring (bicyclic) bond motifs is 1. The van der Waals surface area contributed by atoms with Crippen molar-refractivity contribution in [2.45, 2.75) is 32.9 Å². The van der Waals surface area contributed by atoms with Gasteiger partial charge in [-0.2, -0.15) is 0 Å². The van der Waals surface area contributed by atoms with Crippen LogP contribution in [0.5, 0.6) is 11.5 Å². The van der Waals surface area contributed by atoms with Crippen molar-refractivity contribution in [3.05, 3.63) is 58.1 Å². The highest BCUT2D eigenvalue weighted by atomic mass is 35.5. The van der Waals surface area contributed by atoms with E-state index in [0.717, 1.165) is 16.7 Å². The molecule has 3 rings (SSSR count). The van der Waals surface area contributed by atoms with E-state index in [-0.39, 0.29) is 24.3 Å². The number of carbonyl (C=O) groups excluding carboxylic acids is 2. The number of carbonyl (C=O) groups is 2. The molecule has 0 saturated carbocycles. The topological polar surface area (TPSA) is 76.7 Å². The van der Waals surface area contributed by atoms with Crippen LogP contribution in [0.15, 0.2) is 36.4 Å². The zero-order chi connectivity index (χ0) is 20.1. The summed E-state index contributed by atoms with van der Waals surface area (Å²) in [5.74, 6) is 0.759. The molecule has 2 N–H and O–H groups in total. The monoisotopic (exact) mass is 402 g/mol. The zero-order valence-electron chi connectivity index (χ0n) is 15.9. The largest absolute Gasteiger partial charge is 0.486 e. The van der Waals surface area contributed by atoms with Crippen LogP contribution in [-0.2, 0) is 16.1 Å². The number of nitrogens with one attached hydrogen (secondary N) is 2. The molecule has 0 aliphatic carbocycles. The van der Waals surface area contributed by atoms with Crippen molar-refractivity contribution in [3.63, 3.8) is 0 Å². The van der Waals surface area contributed by atoms with Crippen LogP contribution in [0.25, 0.3) is 0 Å². The first kappa shape index (κ1) is 20.0. The van der Waals surface area contributed by atoms with Gasteiger partial charge in [0.1, 0.15) is 13.2 Å². The van der Waals surface area contributed by atoms with Crippen molar-refractivity contribution in [1.82, 2.24) is 10.6 Å². The smallest absolute Gasteiger partial charge is 0.222 e. The van der Waals surface area contributed by atoms with Gasteiger partial charge in [-0.15, -0.1) is 0 Å². The zero-order valence-corrected chi connectivity index (χ0v) is 16.6. The highest BCUT2D eigenvalue weighted by molar-refractivity contribution is 6.32. The van der Waals surface area contributed by atoms with Crippen molar-refractivity contribution < 1.29 is 19.1 Å². The SMILES string of the molecule is CC(=O)NC(CC(=O)NCc1cc(Cl)c2c(c1)OCCO2)c1ccc(C)cc1. The van der Waals surface area contributed by atoms with E-state index in [0.29, 0.717) is 36.3 Å². The van der Waals surface area contributed by atoms with E-state index in [4.69, 9.17) is 21.1 Å². The van der Waals surface area contributed by atoms with Gasteiger partial charge in [0.05, 0.1) is 17.5 Å². The molecule has 0 saturated heterocycles. The summed E-state index contributed by atoms with van der Waals surface area (Å²) in [5.41, 5.74) is 2.82. The number of amides is 2. The molecule has 0 spiro atoms. The van der Waals surface area contributed by atoms with Crippen LogP contribution in [-0.4, -0.2) is 25.0 Å². The van der Waals surface area contributed by atoms with Gasteiger partial charge in [0.25, 0.3) is 0 Å². The lowest BCUT2D eigenvalue weighted by Gasteiger charge is -2.21. The van der Waals surface area contributed by atoms with Gasteiger partial charge in [-0.1, -0.05) is 41.4 Å². The number of benzene rings is 2. The predicted octanol–water partition coefficient (Wildman–Crippen LogP) is 3.30. The fourth-order valence-electron chi connectivity index (χ4n) is 3.02. The third kappa shape index (κ3) is 5.16. The number of aryl methyl sites for hydroxylation is 1. The van der Waals surface area contributed by atoms with Gasteiger partial charge in [-0.05, 0) is 30.2 Å². The van der Waals surface area contributed by atoms with E-state index in [1.54, 1.807) is 6.07 Å². The summed E-state index contributed by atoms with van der Waals surface area (Å²) in [6, 6.07) is 10.9. The average Bonchev–Trinajstić information content (AvgIpc) is 2.66. The molecule has 0 radical (unpaired) electrons. The Kier molecular flexibility index (Phi) is 6.41. The van der Waals surface area contributed by atoms with Crippen LogP contribution in [0.1, 0.15) is 36.1 Å². The van der Waals surface area contributed by atoms with Crippen LogP contribution >= 0.6 is 11.6 Å². The number of hydrogen-bond donors (Lipinski definition) is 2. The Bertz CT molecular complexity index is 867. The quantitative estimate of drug-likeness (QED) is 0.777. The molecule has 1 aliphatic rings. The highest BCUT2D eigenvalue weighted by Crippen LogP contribution is 2.38. The first-order chi connectivity index (χ1) is 13.4. The molecule has 0 bridgehead atoms. The Hall–Kier alpha value is -2.73. The van der Waals surface area contributed by atoms with Crippen molar-refractivity contribution in [2.75, 3.05) is 13.2 Å². The molecule has 6 nitrogen and oxygen atoms in total. The third-order valence-electron chi connectivity index (χ3n) is 4.39. The van der Waals surface area contributed by atoms with Gasteiger partial charge < -0.3 is 20.1 Å². The van der Waals surface area contributed by atoms with Crippen molar-refractivity contribution in [2.24, 2.45) is 0 Å². The van der Waals surface area contributed by atoms with E-state index < -0.39 is 0 Å². The van der Waals surface area contributed by atoms with Gasteiger partial charge in [-0.25, -0.2) is 0 Å². The van der Waals surface area contributed by atoms with E-state index in [1.807, 2.05) is 37.3 Å². The molecule has 1 unspecified atom stereocenters. The first-order valence-corrected chi connectivity index (χ1v) is 9.48. The molecule has 1 atom stereocenters. The van der Waals surface area contributed by atoms with E-state index in [2.05, 4.69) is 10.6 Å². The lowest BCUT2D eigenvalue weighted by atomic mass is 10.0.